The maximum Gasteiger partial charge on any atom is 0.219 e. The van der Waals surface area contributed by atoms with Gasteiger partial charge in [-0.3, -0.25) is 4.79 Å². The number of nitrogens with two attached hydrogens (primary N) is 1. The van der Waals surface area contributed by atoms with Gasteiger partial charge in [0.25, 0.3) is 0 Å². The fourth-order valence-electron chi connectivity index (χ4n) is 4.59. The molecule has 0 aromatic heterocycles. The summed E-state index contributed by atoms with van der Waals surface area (Å²) in [6, 6.07) is 2.03. The van der Waals surface area contributed by atoms with Crippen LogP contribution < -0.4 is 11.1 Å². The monoisotopic (exact) mass is 487 g/mol. The molecule has 0 radical (unpaired) electrons. The van der Waals surface area contributed by atoms with Crippen LogP contribution in [-0.4, -0.2) is 35.0 Å². The molecule has 1 aliphatic carbocycles. The maximum absolute atomic E-state index is 11.8. The largest absolute Gasteiger partial charge is 0.505 e. The van der Waals surface area contributed by atoms with E-state index in [0.29, 0.717) is 10.2 Å². The number of halogens is 1. The number of nitrogens with zero attached hydrogens (tertiary/aromatic N) is 1. The summed E-state index contributed by atoms with van der Waals surface area (Å²) in [6.07, 6.45) is 7.84. The van der Waals surface area contributed by atoms with Crippen molar-refractivity contribution in [3.8, 4) is 5.75 Å². The lowest BCUT2D eigenvalue weighted by Gasteiger charge is -2.33. The smallest absolute Gasteiger partial charge is 0.219 e. The quantitative estimate of drug-likeness (QED) is 0.263. The van der Waals surface area contributed by atoms with E-state index in [2.05, 4.69) is 53.6 Å². The molecule has 1 aromatic rings. The van der Waals surface area contributed by atoms with Crippen LogP contribution in [0.15, 0.2) is 52.7 Å². The molecular weight excluding hydrogens is 454 g/mol. The fraction of sp³-hybridized carbons (Fsp3) is 0.400. The Hall–Kier alpha value is -2.47. The third kappa shape index (κ3) is 4.74. The van der Waals surface area contributed by atoms with E-state index in [0.717, 1.165) is 49.9 Å². The van der Waals surface area contributed by atoms with Crippen molar-refractivity contribution in [1.82, 2.24) is 10.2 Å². The summed E-state index contributed by atoms with van der Waals surface area (Å²) in [5, 5.41) is 14.0. The number of carbonyl (C=O) groups excluding carboxylic acids is 1. The Labute approximate surface area is 194 Å². The van der Waals surface area contributed by atoms with Gasteiger partial charge in [-0.05, 0) is 82.4 Å². The molecule has 0 spiro atoms. The van der Waals surface area contributed by atoms with Gasteiger partial charge in [-0.1, -0.05) is 19.1 Å². The second-order valence-corrected chi connectivity index (χ2v) is 8.68. The van der Waals surface area contributed by atoms with Crippen LogP contribution in [0.4, 0.5) is 5.69 Å². The SMILES string of the molecule is C.C=C.CC(=O)N1CCC(=C2c3cc(N)c(O)c(Br)c3CCC3=CC(C)=CNC32)CC1. The Morgan fingerprint density at radius 3 is 2.52 bits per heavy atom. The number of hydrogen-bond acceptors (Lipinski definition) is 4. The van der Waals surface area contributed by atoms with E-state index in [4.69, 9.17) is 5.73 Å². The van der Waals surface area contributed by atoms with E-state index in [1.807, 2.05) is 11.0 Å². The van der Waals surface area contributed by atoms with Gasteiger partial charge >= 0.3 is 0 Å². The number of fused-ring (bicyclic) bond motifs is 2. The summed E-state index contributed by atoms with van der Waals surface area (Å²) in [5.74, 6) is 0.257. The standard InChI is InChI=1S/C22H26BrN3O2.C2H4.CH4/c1-12-9-15-3-4-16-17(10-18(24)22(28)20(16)23)19(21(15)25-11-12)14-5-7-26(8-6-14)13(2)27;1-2;/h9-11,21,25,28H,3-8,24H2,1-2H3;1-2H2;1H4. The number of hydrogen-bond donors (Lipinski definition) is 3. The molecule has 168 valence electrons. The Bertz CT molecular complexity index is 952. The fourth-order valence-corrected chi connectivity index (χ4v) is 5.23. The van der Waals surface area contributed by atoms with Crippen LogP contribution in [-0.2, 0) is 11.2 Å². The molecule has 2 aliphatic heterocycles. The lowest BCUT2D eigenvalue weighted by atomic mass is 9.84. The molecule has 1 amide bonds. The lowest BCUT2D eigenvalue weighted by molar-refractivity contribution is -0.129. The van der Waals surface area contributed by atoms with Crippen LogP contribution in [0.3, 0.4) is 0 Å². The van der Waals surface area contributed by atoms with Gasteiger partial charge in [0.05, 0.1) is 16.2 Å². The zero-order chi connectivity index (χ0) is 22.0. The third-order valence-corrected chi connectivity index (χ3v) is 6.92. The molecule has 3 aliphatic rings. The first-order chi connectivity index (χ1) is 14.4. The molecule has 1 unspecified atom stereocenters. The second kappa shape index (κ2) is 10.2. The first-order valence-electron chi connectivity index (χ1n) is 10.3. The van der Waals surface area contributed by atoms with Gasteiger partial charge in [0.2, 0.25) is 5.91 Å². The Morgan fingerprint density at radius 2 is 1.90 bits per heavy atom. The van der Waals surface area contributed by atoms with Gasteiger partial charge in [-0.2, -0.15) is 0 Å². The molecule has 2 heterocycles. The number of nitrogens with one attached hydrogen (secondary N) is 1. The van der Waals surface area contributed by atoms with Crippen molar-refractivity contribution in [2.45, 2.75) is 53.0 Å². The van der Waals surface area contributed by atoms with E-state index in [-0.39, 0.29) is 25.1 Å². The lowest BCUT2D eigenvalue weighted by Crippen LogP contribution is -2.36. The van der Waals surface area contributed by atoms with Crippen LogP contribution in [0.2, 0.25) is 0 Å². The molecule has 0 bridgehead atoms. The van der Waals surface area contributed by atoms with Gasteiger partial charge in [0.15, 0.2) is 5.75 Å². The molecule has 6 heteroatoms. The van der Waals surface area contributed by atoms with Crippen molar-refractivity contribution >= 4 is 33.1 Å². The molecule has 1 aromatic carbocycles. The number of benzene rings is 1. The summed E-state index contributed by atoms with van der Waals surface area (Å²) >= 11 is 3.58. The number of dihydropyridines is 1. The number of rotatable bonds is 0. The van der Waals surface area contributed by atoms with Gasteiger partial charge < -0.3 is 21.1 Å². The van der Waals surface area contributed by atoms with E-state index in [1.54, 1.807) is 6.92 Å². The predicted molar refractivity (Wildman–Crippen MR) is 134 cm³/mol. The number of allylic oxidation sites excluding steroid dienone is 2. The minimum atomic E-state index is 0. The topological polar surface area (TPSA) is 78.6 Å². The average Bonchev–Trinajstić information content (AvgIpc) is 2.90. The number of phenols is 1. The van der Waals surface area contributed by atoms with E-state index >= 15 is 0 Å². The third-order valence-electron chi connectivity index (χ3n) is 6.07. The number of carbonyl (C=O) groups is 1. The van der Waals surface area contributed by atoms with Crippen LogP contribution in [0.5, 0.6) is 5.75 Å². The highest BCUT2D eigenvalue weighted by Crippen LogP contribution is 2.45. The van der Waals surface area contributed by atoms with Crippen LogP contribution in [0.25, 0.3) is 5.57 Å². The van der Waals surface area contributed by atoms with E-state index in [1.165, 1.54) is 22.3 Å². The number of aromatic hydroxyl groups is 1. The summed E-state index contributed by atoms with van der Waals surface area (Å²) < 4.78 is 0.700. The van der Waals surface area contributed by atoms with Crippen molar-refractivity contribution in [2.24, 2.45) is 0 Å². The van der Waals surface area contributed by atoms with Crippen molar-refractivity contribution in [1.29, 1.82) is 0 Å². The first-order valence-corrected chi connectivity index (χ1v) is 11.1. The molecule has 1 atom stereocenters. The van der Waals surface area contributed by atoms with Crippen LogP contribution in [0, 0.1) is 0 Å². The predicted octanol–water partition coefficient (Wildman–Crippen LogP) is 5.32. The minimum Gasteiger partial charge on any atom is -0.505 e. The number of likely N-dealkylation sites (tertiary alicyclic amines) is 1. The Morgan fingerprint density at radius 1 is 1.26 bits per heavy atom. The van der Waals surface area contributed by atoms with E-state index < -0.39 is 0 Å². The summed E-state index contributed by atoms with van der Waals surface area (Å²) in [4.78, 5) is 13.7. The number of phenolic OH excluding ortho intramolecular Hbond substituents is 1. The zero-order valence-corrected chi connectivity index (χ0v) is 19.3. The number of piperidine rings is 1. The average molecular weight is 488 g/mol. The van der Waals surface area contributed by atoms with Crippen LogP contribution in [0.1, 0.15) is 51.7 Å². The molecule has 5 nitrogen and oxygen atoms in total. The highest BCUT2D eigenvalue weighted by molar-refractivity contribution is 9.10. The summed E-state index contributed by atoms with van der Waals surface area (Å²) in [5.41, 5.74) is 14.0. The van der Waals surface area contributed by atoms with Gasteiger partial charge in [0.1, 0.15) is 0 Å². The number of nitrogen functional groups attached to an aromatic ring is 1. The molecule has 1 fully saturated rings. The van der Waals surface area contributed by atoms with Crippen molar-refractivity contribution in [3.63, 3.8) is 0 Å². The van der Waals surface area contributed by atoms with Crippen LogP contribution >= 0.6 is 15.9 Å². The Kier molecular flexibility index (Phi) is 8.18. The summed E-state index contributed by atoms with van der Waals surface area (Å²) in [6.45, 7) is 11.2. The zero-order valence-electron chi connectivity index (χ0n) is 17.7. The van der Waals surface area contributed by atoms with Gasteiger partial charge in [0, 0.05) is 26.2 Å². The minimum absolute atomic E-state index is 0. The molecule has 0 saturated carbocycles. The molecule has 31 heavy (non-hydrogen) atoms. The molecular formula is C25H34BrN3O2. The summed E-state index contributed by atoms with van der Waals surface area (Å²) in [7, 11) is 0. The highest BCUT2D eigenvalue weighted by Gasteiger charge is 2.32. The van der Waals surface area contributed by atoms with Crippen molar-refractivity contribution in [3.05, 3.63) is 63.8 Å². The first kappa shape index (κ1) is 24.8. The molecule has 4 rings (SSSR count). The molecule has 4 N–H and O–H groups in total. The van der Waals surface area contributed by atoms with Crippen molar-refractivity contribution in [2.75, 3.05) is 18.8 Å². The second-order valence-electron chi connectivity index (χ2n) is 7.89. The highest BCUT2D eigenvalue weighted by atomic mass is 79.9. The Balaban J connectivity index is 0.00000111. The maximum atomic E-state index is 11.8. The van der Waals surface area contributed by atoms with Gasteiger partial charge in [-0.15, -0.1) is 13.2 Å². The normalized spacial score (nSPS) is 19.8. The van der Waals surface area contributed by atoms with Gasteiger partial charge in [-0.25, -0.2) is 0 Å². The van der Waals surface area contributed by atoms with E-state index in [9.17, 15) is 9.90 Å². The molecule has 1 saturated heterocycles. The number of anilines is 1. The number of amides is 1. The van der Waals surface area contributed by atoms with Crippen molar-refractivity contribution < 1.29 is 9.90 Å².